The summed E-state index contributed by atoms with van der Waals surface area (Å²) in [6, 6.07) is 23.1. The zero-order valence-corrected chi connectivity index (χ0v) is 17.7. The van der Waals surface area contributed by atoms with Gasteiger partial charge in [-0.2, -0.15) is 0 Å². The van der Waals surface area contributed by atoms with Gasteiger partial charge in [-0.1, -0.05) is 30.3 Å². The molecule has 4 rings (SSSR count). The predicted octanol–water partition coefficient (Wildman–Crippen LogP) is 4.03. The van der Waals surface area contributed by atoms with Crippen LogP contribution in [0.4, 0.5) is 11.4 Å². The minimum Gasteiger partial charge on any atom is -0.476 e. The van der Waals surface area contributed by atoms with E-state index in [1.54, 1.807) is 55.5 Å². The van der Waals surface area contributed by atoms with E-state index >= 15 is 0 Å². The maximum Gasteiger partial charge on any atom is 0.267 e. The number of anilines is 2. The van der Waals surface area contributed by atoms with E-state index in [0.717, 1.165) is 0 Å². The van der Waals surface area contributed by atoms with Gasteiger partial charge < -0.3 is 14.8 Å². The Bertz CT molecular complexity index is 1160. The average molecular weight is 439 g/mol. The fraction of sp³-hybridized carbons (Fsp3) is 0.174. The fourth-order valence-corrected chi connectivity index (χ4v) is 4.34. The number of amides is 1. The Morgan fingerprint density at radius 2 is 1.65 bits per heavy atom. The van der Waals surface area contributed by atoms with Crippen LogP contribution in [0.5, 0.6) is 17.2 Å². The third-order valence-electron chi connectivity index (χ3n) is 4.83. The summed E-state index contributed by atoms with van der Waals surface area (Å²) in [5.74, 6) is 1.21. The summed E-state index contributed by atoms with van der Waals surface area (Å²) in [5, 5.41) is 2.78. The van der Waals surface area contributed by atoms with Crippen molar-refractivity contribution >= 4 is 27.3 Å². The lowest BCUT2D eigenvalue weighted by Gasteiger charge is -2.34. The van der Waals surface area contributed by atoms with Crippen molar-refractivity contribution in [1.29, 1.82) is 0 Å². The molecule has 1 heterocycles. The van der Waals surface area contributed by atoms with Crippen LogP contribution in [0.15, 0.2) is 78.9 Å². The molecule has 1 atom stereocenters. The quantitative estimate of drug-likeness (QED) is 0.628. The Kier molecular flexibility index (Phi) is 5.81. The lowest BCUT2D eigenvalue weighted by molar-refractivity contribution is -0.122. The van der Waals surface area contributed by atoms with Crippen LogP contribution in [0, 0.1) is 0 Å². The Hall–Kier alpha value is -3.52. The van der Waals surface area contributed by atoms with E-state index in [9.17, 15) is 13.2 Å². The number of carbonyl (C=O) groups excluding carboxylic acids is 1. The summed E-state index contributed by atoms with van der Waals surface area (Å²) in [6.07, 6.45) is -0.975. The standard InChI is InChI=1S/C23H22N2O5S/c1-2-31(27,28)25-16-22(30-21-11-7-6-10-20(21)25)23(26)24-17-12-14-19(15-13-17)29-18-8-4-3-5-9-18/h3-15,22H,2,16H2,1H3,(H,24,26). The second-order valence-electron chi connectivity index (χ2n) is 6.93. The second kappa shape index (κ2) is 8.69. The smallest absolute Gasteiger partial charge is 0.267 e. The van der Waals surface area contributed by atoms with Gasteiger partial charge in [0.05, 0.1) is 18.0 Å². The second-order valence-corrected chi connectivity index (χ2v) is 9.12. The number of ether oxygens (including phenoxy) is 2. The molecule has 0 radical (unpaired) electrons. The van der Waals surface area contributed by atoms with Crippen LogP contribution in [0.3, 0.4) is 0 Å². The monoisotopic (exact) mass is 438 g/mol. The molecule has 160 valence electrons. The summed E-state index contributed by atoms with van der Waals surface area (Å²) in [5.41, 5.74) is 0.994. The van der Waals surface area contributed by atoms with Crippen molar-refractivity contribution in [1.82, 2.24) is 0 Å². The van der Waals surface area contributed by atoms with Crippen LogP contribution in [0.1, 0.15) is 6.92 Å². The Morgan fingerprint density at radius 1 is 1.00 bits per heavy atom. The van der Waals surface area contributed by atoms with Gasteiger partial charge in [-0.15, -0.1) is 0 Å². The molecule has 7 nitrogen and oxygen atoms in total. The highest BCUT2D eigenvalue weighted by molar-refractivity contribution is 7.92. The van der Waals surface area contributed by atoms with E-state index in [2.05, 4.69) is 5.32 Å². The molecular weight excluding hydrogens is 416 g/mol. The minimum absolute atomic E-state index is 0.0709. The van der Waals surface area contributed by atoms with E-state index in [-0.39, 0.29) is 12.3 Å². The first-order chi connectivity index (χ1) is 15.0. The summed E-state index contributed by atoms with van der Waals surface area (Å²) < 4.78 is 37.9. The molecule has 1 aliphatic heterocycles. The molecule has 1 N–H and O–H groups in total. The van der Waals surface area contributed by atoms with Gasteiger partial charge in [0.15, 0.2) is 6.10 Å². The third kappa shape index (κ3) is 4.64. The van der Waals surface area contributed by atoms with Crippen LogP contribution in [0.2, 0.25) is 0 Å². The maximum atomic E-state index is 12.8. The van der Waals surface area contributed by atoms with E-state index in [1.165, 1.54) is 4.31 Å². The maximum absolute atomic E-state index is 12.8. The number of para-hydroxylation sites is 3. The van der Waals surface area contributed by atoms with Crippen molar-refractivity contribution in [2.75, 3.05) is 21.9 Å². The van der Waals surface area contributed by atoms with Crippen LogP contribution < -0.4 is 19.1 Å². The lowest BCUT2D eigenvalue weighted by atomic mass is 10.2. The predicted molar refractivity (Wildman–Crippen MR) is 119 cm³/mol. The first-order valence-electron chi connectivity index (χ1n) is 9.86. The molecule has 3 aromatic carbocycles. The third-order valence-corrected chi connectivity index (χ3v) is 6.58. The Balaban J connectivity index is 1.47. The topological polar surface area (TPSA) is 84.9 Å². The molecule has 8 heteroatoms. The van der Waals surface area contributed by atoms with Crippen LogP contribution in [-0.4, -0.2) is 32.7 Å². The summed E-state index contributed by atoms with van der Waals surface area (Å²) in [7, 11) is -3.55. The number of rotatable bonds is 6. The molecule has 1 unspecified atom stereocenters. The zero-order chi connectivity index (χ0) is 21.8. The summed E-state index contributed by atoms with van der Waals surface area (Å²) >= 11 is 0. The highest BCUT2D eigenvalue weighted by Gasteiger charge is 2.35. The summed E-state index contributed by atoms with van der Waals surface area (Å²) in [4.78, 5) is 12.8. The summed E-state index contributed by atoms with van der Waals surface area (Å²) in [6.45, 7) is 1.48. The van der Waals surface area contributed by atoms with Crippen molar-refractivity contribution in [3.63, 3.8) is 0 Å². The molecule has 0 bridgehead atoms. The molecule has 1 aliphatic rings. The number of hydrogen-bond donors (Lipinski definition) is 1. The molecule has 0 saturated heterocycles. The molecule has 0 fully saturated rings. The molecule has 31 heavy (non-hydrogen) atoms. The van der Waals surface area contributed by atoms with Crippen molar-refractivity contribution < 1.29 is 22.7 Å². The van der Waals surface area contributed by atoms with Gasteiger partial charge >= 0.3 is 0 Å². The van der Waals surface area contributed by atoms with Crippen molar-refractivity contribution in [3.8, 4) is 17.2 Å². The largest absolute Gasteiger partial charge is 0.476 e. The number of benzene rings is 3. The van der Waals surface area contributed by atoms with Crippen molar-refractivity contribution in [3.05, 3.63) is 78.9 Å². The number of hydrogen-bond acceptors (Lipinski definition) is 5. The lowest BCUT2D eigenvalue weighted by Crippen LogP contribution is -2.49. The van der Waals surface area contributed by atoms with Gasteiger partial charge in [0.25, 0.3) is 5.91 Å². The SMILES string of the molecule is CCS(=O)(=O)N1CC(C(=O)Nc2ccc(Oc3ccccc3)cc2)Oc2ccccc21. The number of nitrogens with zero attached hydrogens (tertiary/aromatic N) is 1. The average Bonchev–Trinajstić information content (AvgIpc) is 2.80. The minimum atomic E-state index is -3.55. The Labute approximate surface area is 181 Å². The van der Waals surface area contributed by atoms with E-state index in [0.29, 0.717) is 28.6 Å². The van der Waals surface area contributed by atoms with Crippen molar-refractivity contribution in [2.24, 2.45) is 0 Å². The van der Waals surface area contributed by atoms with Crippen LogP contribution >= 0.6 is 0 Å². The molecule has 0 aliphatic carbocycles. The van der Waals surface area contributed by atoms with Gasteiger partial charge in [0, 0.05) is 5.69 Å². The van der Waals surface area contributed by atoms with Gasteiger partial charge in [-0.3, -0.25) is 9.10 Å². The zero-order valence-electron chi connectivity index (χ0n) is 16.9. The number of sulfonamides is 1. The van der Waals surface area contributed by atoms with E-state index in [4.69, 9.17) is 9.47 Å². The first kappa shape index (κ1) is 20.7. The molecule has 0 spiro atoms. The van der Waals surface area contributed by atoms with E-state index in [1.807, 2.05) is 30.3 Å². The normalized spacial score (nSPS) is 15.5. The van der Waals surface area contributed by atoms with Gasteiger partial charge in [-0.05, 0) is 55.5 Å². The number of fused-ring (bicyclic) bond motifs is 1. The van der Waals surface area contributed by atoms with Crippen LogP contribution in [-0.2, 0) is 14.8 Å². The molecular formula is C23H22N2O5S. The first-order valence-corrected chi connectivity index (χ1v) is 11.5. The molecule has 0 saturated carbocycles. The molecule has 0 aromatic heterocycles. The molecule has 1 amide bonds. The van der Waals surface area contributed by atoms with Gasteiger partial charge in [-0.25, -0.2) is 8.42 Å². The highest BCUT2D eigenvalue weighted by Crippen LogP contribution is 2.35. The number of carbonyl (C=O) groups is 1. The van der Waals surface area contributed by atoms with Gasteiger partial charge in [0.2, 0.25) is 10.0 Å². The fourth-order valence-electron chi connectivity index (χ4n) is 3.21. The van der Waals surface area contributed by atoms with Crippen molar-refractivity contribution in [2.45, 2.75) is 13.0 Å². The highest BCUT2D eigenvalue weighted by atomic mass is 32.2. The number of nitrogens with one attached hydrogen (secondary N) is 1. The van der Waals surface area contributed by atoms with Gasteiger partial charge in [0.1, 0.15) is 17.2 Å². The Morgan fingerprint density at radius 3 is 2.35 bits per heavy atom. The molecule has 3 aromatic rings. The van der Waals surface area contributed by atoms with E-state index < -0.39 is 22.0 Å². The van der Waals surface area contributed by atoms with Crippen LogP contribution in [0.25, 0.3) is 0 Å².